The maximum Gasteiger partial charge on any atom is 0.294 e. The van der Waals surface area contributed by atoms with E-state index in [0.717, 1.165) is 46.0 Å². The van der Waals surface area contributed by atoms with Gasteiger partial charge < -0.3 is 9.64 Å². The molecule has 2 saturated heterocycles. The topological polar surface area (TPSA) is 66.9 Å². The first-order valence-electron chi connectivity index (χ1n) is 10.6. The zero-order chi connectivity index (χ0) is 23.4. The van der Waals surface area contributed by atoms with E-state index in [-0.39, 0.29) is 17.4 Å². The van der Waals surface area contributed by atoms with E-state index in [1.54, 1.807) is 29.2 Å². The largest absolute Gasteiger partial charge is 0.488 e. The van der Waals surface area contributed by atoms with Gasteiger partial charge in [0.05, 0.1) is 4.91 Å². The molecule has 2 aromatic carbocycles. The number of nitrogens with zero attached hydrogens (tertiary/aromatic N) is 2. The normalized spacial score (nSPS) is 17.7. The van der Waals surface area contributed by atoms with Gasteiger partial charge >= 0.3 is 0 Å². The summed E-state index contributed by atoms with van der Waals surface area (Å²) in [5.74, 6) is -0.0731. The standard InChI is InChI=1S/C24H22BrClN2O4S/c25-18-6-9-20(32-15-16-4-7-19(26)8-5-16)17(12-18)13-21-23(30)28(24(31)33-21)14-22(29)27-10-2-1-3-11-27/h4-9,12-13H,1-3,10-11,14-15H2/b21-13-. The molecule has 0 saturated carbocycles. The summed E-state index contributed by atoms with van der Waals surface area (Å²) in [6.07, 6.45) is 4.64. The summed E-state index contributed by atoms with van der Waals surface area (Å²) in [6, 6.07) is 12.8. The van der Waals surface area contributed by atoms with Gasteiger partial charge in [-0.25, -0.2) is 0 Å². The van der Waals surface area contributed by atoms with Crippen LogP contribution in [-0.4, -0.2) is 46.5 Å². The fraction of sp³-hybridized carbons (Fsp3) is 0.292. The molecule has 33 heavy (non-hydrogen) atoms. The Morgan fingerprint density at radius 3 is 2.55 bits per heavy atom. The maximum atomic E-state index is 12.9. The minimum Gasteiger partial charge on any atom is -0.488 e. The highest BCUT2D eigenvalue weighted by molar-refractivity contribution is 9.10. The zero-order valence-electron chi connectivity index (χ0n) is 17.8. The van der Waals surface area contributed by atoms with Gasteiger partial charge in [0.15, 0.2) is 0 Å². The first-order valence-corrected chi connectivity index (χ1v) is 12.6. The van der Waals surface area contributed by atoms with E-state index in [4.69, 9.17) is 16.3 Å². The molecule has 0 atom stereocenters. The van der Waals surface area contributed by atoms with E-state index in [0.29, 0.717) is 36.0 Å². The molecule has 2 heterocycles. The predicted molar refractivity (Wildman–Crippen MR) is 133 cm³/mol. The van der Waals surface area contributed by atoms with Crippen LogP contribution in [-0.2, 0) is 16.2 Å². The van der Waals surface area contributed by atoms with E-state index >= 15 is 0 Å². The maximum absolute atomic E-state index is 12.9. The Hall–Kier alpha value is -2.29. The van der Waals surface area contributed by atoms with Crippen molar-refractivity contribution in [1.82, 2.24) is 9.80 Å². The molecule has 0 radical (unpaired) electrons. The van der Waals surface area contributed by atoms with Gasteiger partial charge in [0, 0.05) is 28.1 Å². The lowest BCUT2D eigenvalue weighted by molar-refractivity contribution is -0.136. The Kier molecular flexibility index (Phi) is 7.78. The molecule has 2 aliphatic rings. The average Bonchev–Trinajstić information content (AvgIpc) is 3.07. The monoisotopic (exact) mass is 548 g/mol. The average molecular weight is 550 g/mol. The SMILES string of the molecule is O=C(CN1C(=O)S/C(=C\c2cc(Br)ccc2OCc2ccc(Cl)cc2)C1=O)N1CCCCC1. The Morgan fingerprint density at radius 2 is 1.82 bits per heavy atom. The van der Waals surface area contributed by atoms with Gasteiger partial charge in [-0.3, -0.25) is 19.3 Å². The van der Waals surface area contributed by atoms with E-state index in [2.05, 4.69) is 15.9 Å². The quantitative estimate of drug-likeness (QED) is 0.431. The lowest BCUT2D eigenvalue weighted by Gasteiger charge is -2.27. The third-order valence-electron chi connectivity index (χ3n) is 5.44. The van der Waals surface area contributed by atoms with Gasteiger partial charge in [0.1, 0.15) is 18.9 Å². The molecule has 172 valence electrons. The molecule has 2 fully saturated rings. The molecule has 6 nitrogen and oxygen atoms in total. The Labute approximate surface area is 210 Å². The van der Waals surface area contributed by atoms with Crippen LogP contribution in [0.25, 0.3) is 6.08 Å². The van der Waals surface area contributed by atoms with Crippen molar-refractivity contribution in [1.29, 1.82) is 0 Å². The number of likely N-dealkylation sites (tertiary alicyclic amines) is 1. The highest BCUT2D eigenvalue weighted by Crippen LogP contribution is 2.35. The molecule has 0 unspecified atom stereocenters. The van der Waals surface area contributed by atoms with Crippen LogP contribution in [0.1, 0.15) is 30.4 Å². The second-order valence-corrected chi connectivity index (χ2v) is 10.2. The van der Waals surface area contributed by atoms with Crippen LogP contribution in [0.4, 0.5) is 4.79 Å². The molecule has 0 aliphatic carbocycles. The van der Waals surface area contributed by atoms with Crippen LogP contribution in [0, 0.1) is 0 Å². The van der Waals surface area contributed by atoms with Crippen LogP contribution >= 0.6 is 39.3 Å². The minimum atomic E-state index is -0.459. The van der Waals surface area contributed by atoms with Crippen molar-refractivity contribution in [3.05, 3.63) is 68.0 Å². The molecule has 0 N–H and O–H groups in total. The number of ether oxygens (including phenoxy) is 1. The summed E-state index contributed by atoms with van der Waals surface area (Å²) in [5.41, 5.74) is 1.61. The lowest BCUT2D eigenvalue weighted by Crippen LogP contribution is -2.44. The number of halogens is 2. The molecular weight excluding hydrogens is 528 g/mol. The molecule has 0 spiro atoms. The molecule has 0 aromatic heterocycles. The first-order chi connectivity index (χ1) is 15.9. The van der Waals surface area contributed by atoms with E-state index in [1.807, 2.05) is 24.3 Å². The number of piperidine rings is 1. The highest BCUT2D eigenvalue weighted by Gasteiger charge is 2.37. The summed E-state index contributed by atoms with van der Waals surface area (Å²) in [4.78, 5) is 41.0. The van der Waals surface area contributed by atoms with Gasteiger partial charge in [-0.2, -0.15) is 0 Å². The van der Waals surface area contributed by atoms with Crippen molar-refractivity contribution in [3.63, 3.8) is 0 Å². The van der Waals surface area contributed by atoms with Crippen molar-refractivity contribution in [3.8, 4) is 5.75 Å². The van der Waals surface area contributed by atoms with Crippen LogP contribution in [0.3, 0.4) is 0 Å². The van der Waals surface area contributed by atoms with Gasteiger partial charge in [0.2, 0.25) is 5.91 Å². The Morgan fingerprint density at radius 1 is 1.09 bits per heavy atom. The number of imide groups is 1. The summed E-state index contributed by atoms with van der Waals surface area (Å²) >= 11 is 10.2. The number of rotatable bonds is 6. The van der Waals surface area contributed by atoms with Crippen molar-refractivity contribution in [2.75, 3.05) is 19.6 Å². The van der Waals surface area contributed by atoms with Crippen LogP contribution in [0.15, 0.2) is 51.8 Å². The first kappa shape index (κ1) is 23.9. The number of carbonyl (C=O) groups is 3. The predicted octanol–water partition coefficient (Wildman–Crippen LogP) is 5.73. The van der Waals surface area contributed by atoms with Gasteiger partial charge in [-0.05, 0) is 73.0 Å². The van der Waals surface area contributed by atoms with E-state index in [1.165, 1.54) is 0 Å². The fourth-order valence-corrected chi connectivity index (χ4v) is 5.00. The summed E-state index contributed by atoms with van der Waals surface area (Å²) in [5, 5.41) is 0.216. The molecule has 9 heteroatoms. The van der Waals surface area contributed by atoms with Gasteiger partial charge in [-0.1, -0.05) is 39.7 Å². The van der Waals surface area contributed by atoms with Crippen molar-refractivity contribution in [2.24, 2.45) is 0 Å². The highest BCUT2D eigenvalue weighted by atomic mass is 79.9. The molecular formula is C24H22BrClN2O4S. The third-order valence-corrected chi connectivity index (χ3v) is 7.09. The fourth-order valence-electron chi connectivity index (χ4n) is 3.66. The van der Waals surface area contributed by atoms with Crippen LogP contribution in [0.2, 0.25) is 5.02 Å². The number of amides is 3. The van der Waals surface area contributed by atoms with Gasteiger partial charge in [0.25, 0.3) is 11.1 Å². The minimum absolute atomic E-state index is 0.187. The van der Waals surface area contributed by atoms with E-state index < -0.39 is 11.1 Å². The number of hydrogen-bond donors (Lipinski definition) is 0. The van der Waals surface area contributed by atoms with Gasteiger partial charge in [-0.15, -0.1) is 0 Å². The van der Waals surface area contributed by atoms with Crippen molar-refractivity contribution < 1.29 is 19.1 Å². The van der Waals surface area contributed by atoms with Crippen LogP contribution < -0.4 is 4.74 Å². The number of benzene rings is 2. The second kappa shape index (κ2) is 10.8. The Bertz CT molecular complexity index is 1100. The summed E-state index contributed by atoms with van der Waals surface area (Å²) in [6.45, 7) is 1.46. The Balaban J connectivity index is 1.49. The second-order valence-electron chi connectivity index (χ2n) is 7.81. The summed E-state index contributed by atoms with van der Waals surface area (Å²) in [7, 11) is 0. The molecule has 0 bridgehead atoms. The molecule has 2 aromatic rings. The zero-order valence-corrected chi connectivity index (χ0v) is 20.9. The third kappa shape index (κ3) is 5.99. The lowest BCUT2D eigenvalue weighted by atomic mass is 10.1. The van der Waals surface area contributed by atoms with Crippen molar-refractivity contribution in [2.45, 2.75) is 25.9 Å². The molecule has 3 amide bonds. The van der Waals surface area contributed by atoms with E-state index in [9.17, 15) is 14.4 Å². The van der Waals surface area contributed by atoms with Crippen LogP contribution in [0.5, 0.6) is 5.75 Å². The smallest absolute Gasteiger partial charge is 0.294 e. The summed E-state index contributed by atoms with van der Waals surface area (Å²) < 4.78 is 6.78. The number of carbonyl (C=O) groups excluding carboxylic acids is 3. The molecule has 2 aliphatic heterocycles. The molecule has 4 rings (SSSR count). The van der Waals surface area contributed by atoms with Crippen molar-refractivity contribution >= 4 is 62.4 Å². The number of hydrogen-bond acceptors (Lipinski definition) is 5. The number of thioether (sulfide) groups is 1.